The maximum atomic E-state index is 6.05. The highest BCUT2D eigenvalue weighted by Crippen LogP contribution is 2.33. The van der Waals surface area contributed by atoms with Gasteiger partial charge in [0.15, 0.2) is 0 Å². The molecule has 0 saturated carbocycles. The van der Waals surface area contributed by atoms with Gasteiger partial charge in [0.2, 0.25) is 0 Å². The van der Waals surface area contributed by atoms with Crippen LogP contribution in [0.2, 0.25) is 5.02 Å². The van der Waals surface area contributed by atoms with E-state index < -0.39 is 0 Å². The molecular weight excluding hydrogens is 325 g/mol. The molecular formula is C12H8BrCl2NO. The first kappa shape index (κ1) is 12.7. The molecule has 2 aromatic rings. The third kappa shape index (κ3) is 3.12. The van der Waals surface area contributed by atoms with Gasteiger partial charge in [0.25, 0.3) is 0 Å². The van der Waals surface area contributed by atoms with Crippen LogP contribution >= 0.6 is 39.1 Å². The summed E-state index contributed by atoms with van der Waals surface area (Å²) in [5, 5.41) is 0.547. The van der Waals surface area contributed by atoms with Gasteiger partial charge >= 0.3 is 0 Å². The van der Waals surface area contributed by atoms with E-state index in [-0.39, 0.29) is 0 Å². The summed E-state index contributed by atoms with van der Waals surface area (Å²) in [5.74, 6) is 1.59. The second-order valence-electron chi connectivity index (χ2n) is 3.29. The topological polar surface area (TPSA) is 22.1 Å². The number of pyridine rings is 1. The van der Waals surface area contributed by atoms with E-state index in [1.165, 1.54) is 0 Å². The summed E-state index contributed by atoms with van der Waals surface area (Å²) >= 11 is 15.2. The first-order chi connectivity index (χ1) is 8.20. The van der Waals surface area contributed by atoms with E-state index in [9.17, 15) is 0 Å². The highest BCUT2D eigenvalue weighted by atomic mass is 79.9. The van der Waals surface area contributed by atoms with E-state index in [4.69, 9.17) is 27.9 Å². The molecule has 0 aliphatic heterocycles. The zero-order chi connectivity index (χ0) is 12.3. The van der Waals surface area contributed by atoms with Crippen LogP contribution in [-0.2, 0) is 5.88 Å². The molecule has 1 aromatic carbocycles. The van der Waals surface area contributed by atoms with Crippen molar-refractivity contribution in [3.63, 3.8) is 0 Å². The van der Waals surface area contributed by atoms with Crippen molar-refractivity contribution in [2.45, 2.75) is 5.88 Å². The van der Waals surface area contributed by atoms with Gasteiger partial charge in [-0.15, -0.1) is 11.6 Å². The first-order valence-corrected chi connectivity index (χ1v) is 6.53. The number of nitrogens with zero attached hydrogens (tertiary/aromatic N) is 1. The molecule has 2 nitrogen and oxygen atoms in total. The number of alkyl halides is 1. The van der Waals surface area contributed by atoms with Crippen LogP contribution in [0, 0.1) is 0 Å². The van der Waals surface area contributed by atoms with E-state index in [0.717, 1.165) is 10.0 Å². The van der Waals surface area contributed by atoms with Crippen molar-refractivity contribution >= 4 is 39.1 Å². The summed E-state index contributed by atoms with van der Waals surface area (Å²) in [7, 11) is 0. The molecule has 1 aromatic heterocycles. The molecule has 0 radical (unpaired) electrons. The highest BCUT2D eigenvalue weighted by molar-refractivity contribution is 9.10. The molecule has 1 heterocycles. The van der Waals surface area contributed by atoms with Gasteiger partial charge in [0.05, 0.1) is 10.9 Å². The van der Waals surface area contributed by atoms with Crippen LogP contribution in [0.3, 0.4) is 0 Å². The Kier molecular flexibility index (Phi) is 4.26. The summed E-state index contributed by atoms with van der Waals surface area (Å²) in [6.45, 7) is 0. The Morgan fingerprint density at radius 1 is 1.24 bits per heavy atom. The quantitative estimate of drug-likeness (QED) is 0.735. The first-order valence-electron chi connectivity index (χ1n) is 4.82. The van der Waals surface area contributed by atoms with E-state index in [1.54, 1.807) is 30.6 Å². The second-order valence-corrected chi connectivity index (χ2v) is 4.88. The Bertz CT molecular complexity index is 534. The van der Waals surface area contributed by atoms with Crippen LogP contribution in [-0.4, -0.2) is 4.98 Å². The van der Waals surface area contributed by atoms with Crippen molar-refractivity contribution in [1.29, 1.82) is 0 Å². The lowest BCUT2D eigenvalue weighted by Crippen LogP contribution is -1.91. The minimum Gasteiger partial charge on any atom is -0.455 e. The fourth-order valence-corrected chi connectivity index (χ4v) is 1.99. The molecule has 0 bridgehead atoms. The summed E-state index contributed by atoms with van der Waals surface area (Å²) in [4.78, 5) is 3.99. The number of rotatable bonds is 3. The lowest BCUT2D eigenvalue weighted by Gasteiger charge is -2.10. The number of aromatic nitrogens is 1. The van der Waals surface area contributed by atoms with Crippen LogP contribution in [0.1, 0.15) is 5.56 Å². The zero-order valence-corrected chi connectivity index (χ0v) is 11.8. The van der Waals surface area contributed by atoms with Crippen LogP contribution in [0.5, 0.6) is 11.5 Å². The fraction of sp³-hybridized carbons (Fsp3) is 0.0833. The molecule has 17 heavy (non-hydrogen) atoms. The monoisotopic (exact) mass is 331 g/mol. The van der Waals surface area contributed by atoms with Crippen molar-refractivity contribution in [1.82, 2.24) is 4.98 Å². The van der Waals surface area contributed by atoms with Crippen molar-refractivity contribution in [3.05, 3.63) is 51.7 Å². The molecule has 2 rings (SSSR count). The van der Waals surface area contributed by atoms with Gasteiger partial charge in [-0.25, -0.2) is 0 Å². The minimum absolute atomic E-state index is 0.342. The van der Waals surface area contributed by atoms with Gasteiger partial charge in [-0.1, -0.05) is 27.5 Å². The smallest absolute Gasteiger partial charge is 0.147 e. The average Bonchev–Trinajstić information content (AvgIpc) is 2.34. The van der Waals surface area contributed by atoms with Crippen molar-refractivity contribution in [3.8, 4) is 11.5 Å². The lowest BCUT2D eigenvalue weighted by molar-refractivity contribution is 0.477. The molecule has 0 unspecified atom stereocenters. The van der Waals surface area contributed by atoms with Gasteiger partial charge in [0, 0.05) is 22.4 Å². The van der Waals surface area contributed by atoms with Gasteiger partial charge in [-0.2, -0.15) is 0 Å². The molecule has 0 saturated heterocycles. The largest absolute Gasteiger partial charge is 0.455 e. The van der Waals surface area contributed by atoms with E-state index in [2.05, 4.69) is 20.9 Å². The molecule has 0 fully saturated rings. The molecule has 0 N–H and O–H groups in total. The van der Waals surface area contributed by atoms with Crippen molar-refractivity contribution < 1.29 is 4.74 Å². The number of hydrogen-bond donors (Lipinski definition) is 0. The van der Waals surface area contributed by atoms with Crippen molar-refractivity contribution in [2.24, 2.45) is 0 Å². The SMILES string of the molecule is ClCc1cnccc1Oc1cc(Br)ccc1Cl. The Morgan fingerprint density at radius 2 is 2.06 bits per heavy atom. The second kappa shape index (κ2) is 5.71. The third-order valence-electron chi connectivity index (χ3n) is 2.12. The molecule has 0 aliphatic rings. The molecule has 0 amide bonds. The summed E-state index contributed by atoms with van der Waals surface area (Å²) < 4.78 is 6.63. The Hall–Kier alpha value is -0.770. The van der Waals surface area contributed by atoms with E-state index >= 15 is 0 Å². The van der Waals surface area contributed by atoms with Gasteiger partial charge in [-0.05, 0) is 24.3 Å². The maximum Gasteiger partial charge on any atom is 0.147 e. The highest BCUT2D eigenvalue weighted by Gasteiger charge is 2.07. The lowest BCUT2D eigenvalue weighted by atomic mass is 10.3. The molecule has 0 aliphatic carbocycles. The molecule has 5 heteroatoms. The Morgan fingerprint density at radius 3 is 2.82 bits per heavy atom. The predicted octanol–water partition coefficient (Wildman–Crippen LogP) is 5.03. The third-order valence-corrected chi connectivity index (χ3v) is 3.21. The maximum absolute atomic E-state index is 6.05. The number of hydrogen-bond acceptors (Lipinski definition) is 2. The number of halogens is 3. The van der Waals surface area contributed by atoms with Crippen LogP contribution in [0.25, 0.3) is 0 Å². The Labute approximate surface area is 118 Å². The van der Waals surface area contributed by atoms with E-state index in [1.807, 2.05) is 6.07 Å². The molecule has 88 valence electrons. The molecule has 0 atom stereocenters. The number of ether oxygens (including phenoxy) is 1. The summed E-state index contributed by atoms with van der Waals surface area (Å²) in [6, 6.07) is 7.18. The van der Waals surface area contributed by atoms with Crippen molar-refractivity contribution in [2.75, 3.05) is 0 Å². The van der Waals surface area contributed by atoms with Crippen LogP contribution < -0.4 is 4.74 Å². The summed E-state index contributed by atoms with van der Waals surface area (Å²) in [5.41, 5.74) is 0.824. The van der Waals surface area contributed by atoms with E-state index in [0.29, 0.717) is 22.4 Å². The van der Waals surface area contributed by atoms with Crippen LogP contribution in [0.4, 0.5) is 0 Å². The number of benzene rings is 1. The van der Waals surface area contributed by atoms with Crippen LogP contribution in [0.15, 0.2) is 41.1 Å². The summed E-state index contributed by atoms with van der Waals surface area (Å²) in [6.07, 6.45) is 3.32. The van der Waals surface area contributed by atoms with Gasteiger partial charge in [0.1, 0.15) is 11.5 Å². The minimum atomic E-state index is 0.342. The molecule has 0 spiro atoms. The van der Waals surface area contributed by atoms with Gasteiger partial charge in [-0.3, -0.25) is 4.98 Å². The Balaban J connectivity index is 2.34. The zero-order valence-electron chi connectivity index (χ0n) is 8.66. The predicted molar refractivity (Wildman–Crippen MR) is 73.0 cm³/mol. The standard InChI is InChI=1S/C12H8BrCl2NO/c13-9-1-2-10(15)12(5-9)17-11-3-4-16-7-8(11)6-14/h1-5,7H,6H2. The average molecular weight is 333 g/mol. The fourth-order valence-electron chi connectivity index (χ4n) is 1.29. The normalized spacial score (nSPS) is 10.3. The van der Waals surface area contributed by atoms with Gasteiger partial charge < -0.3 is 4.74 Å².